The van der Waals surface area contributed by atoms with E-state index >= 15 is 0 Å². The first kappa shape index (κ1) is 18.5. The van der Waals surface area contributed by atoms with E-state index < -0.39 is 6.04 Å². The molecule has 2 heterocycles. The van der Waals surface area contributed by atoms with E-state index in [2.05, 4.69) is 34.5 Å². The number of nitrogens with zero attached hydrogens (tertiary/aromatic N) is 1. The lowest BCUT2D eigenvalue weighted by atomic mass is 9.73. The second-order valence-corrected chi connectivity index (χ2v) is 8.57. The van der Waals surface area contributed by atoms with Crippen LogP contribution in [0, 0.1) is 11.2 Å². The Balaban J connectivity index is 1.54. The van der Waals surface area contributed by atoms with Gasteiger partial charge in [-0.05, 0) is 35.2 Å². The molecule has 0 saturated carbocycles. The van der Waals surface area contributed by atoms with Crippen LogP contribution in [0.4, 0.5) is 10.4 Å². The molecule has 6 nitrogen and oxygen atoms in total. The predicted octanol–water partition coefficient (Wildman–Crippen LogP) is 2.80. The summed E-state index contributed by atoms with van der Waals surface area (Å²) in [5.41, 5.74) is 3.67. The van der Waals surface area contributed by atoms with E-state index in [1.165, 1.54) is 12.1 Å². The molecule has 152 valence electrons. The van der Waals surface area contributed by atoms with E-state index in [1.54, 1.807) is 12.1 Å². The monoisotopic (exact) mass is 405 g/mol. The number of carbonyl (C=O) groups excluding carboxylic acids is 1. The van der Waals surface area contributed by atoms with Gasteiger partial charge in [-0.25, -0.2) is 9.71 Å². The third-order valence-electron chi connectivity index (χ3n) is 5.50. The Morgan fingerprint density at radius 3 is 2.70 bits per heavy atom. The number of nitrogens with one attached hydrogen (secondary N) is 3. The molecule has 0 fully saturated rings. The van der Waals surface area contributed by atoms with E-state index in [1.807, 2.05) is 24.3 Å². The van der Waals surface area contributed by atoms with Gasteiger partial charge in [0.1, 0.15) is 17.4 Å². The molecule has 3 N–H and O–H groups in total. The quantitative estimate of drug-likeness (QED) is 0.611. The molecule has 0 radical (unpaired) electrons. The molecule has 5 rings (SSSR count). The fourth-order valence-corrected chi connectivity index (χ4v) is 4.19. The molecule has 30 heavy (non-hydrogen) atoms. The summed E-state index contributed by atoms with van der Waals surface area (Å²) < 4.78 is 19.3. The van der Waals surface area contributed by atoms with Crippen molar-refractivity contribution in [2.45, 2.75) is 32.7 Å². The molecule has 2 aromatic carbocycles. The highest BCUT2D eigenvalue weighted by molar-refractivity contribution is 6.01. The van der Waals surface area contributed by atoms with Gasteiger partial charge in [-0.2, -0.15) is 10.3 Å². The normalized spacial score (nSPS) is 20.6. The lowest BCUT2D eigenvalue weighted by Crippen LogP contribution is -2.82. The van der Waals surface area contributed by atoms with Crippen molar-refractivity contribution in [3.63, 3.8) is 0 Å². The first-order valence-corrected chi connectivity index (χ1v) is 9.93. The Hall–Kier alpha value is -3.48. The minimum absolute atomic E-state index is 0.0940. The molecule has 3 aromatic rings. The standard InChI is InChI=1S/C23H21FN4O2/c1-23(2)11-16-19(17(29)12-23)20(13-7-9-14(24)10-8-13)27-21(25-16)28-22-26-15-5-3-4-6-18(15)30-22/h3-10,20H,11-12H2,1-2H3,(H2,25,26,27,28)/p+1/t20-/m0/s1. The lowest BCUT2D eigenvalue weighted by molar-refractivity contribution is -0.502. The van der Waals surface area contributed by atoms with Crippen molar-refractivity contribution >= 4 is 28.9 Å². The van der Waals surface area contributed by atoms with Crippen molar-refractivity contribution in [3.05, 3.63) is 71.2 Å². The molecule has 1 aliphatic carbocycles. The number of ketones is 1. The highest BCUT2D eigenvalue weighted by Crippen LogP contribution is 2.39. The average Bonchev–Trinajstić information content (AvgIpc) is 3.09. The third kappa shape index (κ3) is 3.36. The van der Waals surface area contributed by atoms with E-state index in [0.29, 0.717) is 29.6 Å². The lowest BCUT2D eigenvalue weighted by Gasteiger charge is -2.34. The van der Waals surface area contributed by atoms with Gasteiger partial charge in [0.15, 0.2) is 11.4 Å². The minimum Gasteiger partial charge on any atom is -0.412 e. The smallest absolute Gasteiger partial charge is 0.365 e. The number of allylic oxidation sites excluding steroid dienone is 1. The molecule has 0 unspecified atom stereocenters. The first-order chi connectivity index (χ1) is 14.4. The Morgan fingerprint density at radius 2 is 1.93 bits per heavy atom. The molecule has 1 aliphatic heterocycles. The van der Waals surface area contributed by atoms with Crippen LogP contribution in [0.3, 0.4) is 0 Å². The van der Waals surface area contributed by atoms with E-state index in [9.17, 15) is 9.18 Å². The van der Waals surface area contributed by atoms with Crippen LogP contribution in [0.25, 0.3) is 11.1 Å². The molecule has 0 spiro atoms. The number of rotatable bonds is 2. The Kier molecular flexibility index (Phi) is 4.20. The zero-order valence-corrected chi connectivity index (χ0v) is 16.8. The van der Waals surface area contributed by atoms with Crippen molar-refractivity contribution in [2.24, 2.45) is 5.41 Å². The van der Waals surface area contributed by atoms with E-state index in [-0.39, 0.29) is 17.0 Å². The third-order valence-corrected chi connectivity index (χ3v) is 5.50. The maximum atomic E-state index is 13.5. The number of fused-ring (bicyclic) bond motifs is 1. The number of hydrogen-bond donors (Lipinski definition) is 3. The van der Waals surface area contributed by atoms with Gasteiger partial charge in [-0.15, -0.1) is 0 Å². The molecule has 7 heteroatoms. The van der Waals surface area contributed by atoms with Gasteiger partial charge in [0.25, 0.3) is 0 Å². The number of hydrogen-bond acceptors (Lipinski definition) is 5. The first-order valence-electron chi connectivity index (χ1n) is 9.93. The Bertz CT molecular complexity index is 1170. The summed E-state index contributed by atoms with van der Waals surface area (Å²) in [7, 11) is 0. The highest BCUT2D eigenvalue weighted by Gasteiger charge is 2.42. The zero-order valence-electron chi connectivity index (χ0n) is 16.8. The second kappa shape index (κ2) is 6.79. The fraction of sp³-hybridized carbons (Fsp3) is 0.261. The summed E-state index contributed by atoms with van der Waals surface area (Å²) in [6.07, 6.45) is 1.20. The number of guanidine groups is 1. The number of para-hydroxylation sites is 2. The van der Waals surface area contributed by atoms with Crippen LogP contribution in [0.2, 0.25) is 0 Å². The molecule has 0 amide bonds. The van der Waals surface area contributed by atoms with Crippen LogP contribution in [0.1, 0.15) is 38.3 Å². The van der Waals surface area contributed by atoms with Gasteiger partial charge in [0.2, 0.25) is 0 Å². The number of oxazole rings is 1. The summed E-state index contributed by atoms with van der Waals surface area (Å²) in [6.45, 7) is 4.17. The maximum absolute atomic E-state index is 13.5. The zero-order chi connectivity index (χ0) is 20.9. The van der Waals surface area contributed by atoms with E-state index in [0.717, 1.165) is 23.2 Å². The topological polar surface area (TPSA) is 81.1 Å². The second-order valence-electron chi connectivity index (χ2n) is 8.57. The summed E-state index contributed by atoms with van der Waals surface area (Å²) in [5, 5.41) is 6.48. The van der Waals surface area contributed by atoms with Crippen molar-refractivity contribution in [2.75, 3.05) is 5.32 Å². The Morgan fingerprint density at radius 1 is 1.17 bits per heavy atom. The number of halogens is 1. The number of anilines is 1. The molecule has 1 atom stereocenters. The van der Waals surface area contributed by atoms with Crippen molar-refractivity contribution in [1.29, 1.82) is 0 Å². The molecular formula is C23H22FN4O2+. The van der Waals surface area contributed by atoms with Gasteiger partial charge in [-0.1, -0.05) is 38.1 Å². The maximum Gasteiger partial charge on any atom is 0.365 e. The minimum atomic E-state index is -0.391. The number of carbonyl (C=O) groups is 1. The summed E-state index contributed by atoms with van der Waals surface area (Å²) in [5.74, 6) is 0.350. The van der Waals surface area contributed by atoms with Gasteiger partial charge in [0, 0.05) is 12.8 Å². The van der Waals surface area contributed by atoms with Crippen LogP contribution < -0.4 is 15.6 Å². The van der Waals surface area contributed by atoms with Gasteiger partial charge >= 0.3 is 12.0 Å². The molecule has 0 bridgehead atoms. The predicted molar refractivity (Wildman–Crippen MR) is 111 cm³/mol. The van der Waals surface area contributed by atoms with Gasteiger partial charge in [-0.3, -0.25) is 9.79 Å². The SMILES string of the molecule is CC1(C)CC(=O)C2=C(C1)NC(Nc1nc3ccccc3o1)=[NH+][C@H]2c1ccc(F)cc1. The molecule has 1 aromatic heterocycles. The van der Waals surface area contributed by atoms with Gasteiger partial charge in [0.05, 0.1) is 11.3 Å². The number of benzene rings is 2. The highest BCUT2D eigenvalue weighted by atomic mass is 19.1. The summed E-state index contributed by atoms with van der Waals surface area (Å²) >= 11 is 0. The van der Waals surface area contributed by atoms with E-state index in [4.69, 9.17) is 4.42 Å². The van der Waals surface area contributed by atoms with Crippen molar-refractivity contribution in [1.82, 2.24) is 10.3 Å². The van der Waals surface area contributed by atoms with Crippen LogP contribution in [-0.4, -0.2) is 16.7 Å². The summed E-state index contributed by atoms with van der Waals surface area (Å²) in [4.78, 5) is 20.8. The van der Waals surface area contributed by atoms with Crippen LogP contribution >= 0.6 is 0 Å². The summed E-state index contributed by atoms with van der Waals surface area (Å²) in [6, 6.07) is 13.7. The van der Waals surface area contributed by atoms with Crippen molar-refractivity contribution < 1.29 is 18.6 Å². The average molecular weight is 405 g/mol. The fourth-order valence-electron chi connectivity index (χ4n) is 4.19. The largest absolute Gasteiger partial charge is 0.412 e. The molecular weight excluding hydrogens is 383 g/mol. The van der Waals surface area contributed by atoms with Crippen LogP contribution in [0.5, 0.6) is 0 Å². The molecule has 0 saturated heterocycles. The molecule has 2 aliphatic rings. The van der Waals surface area contributed by atoms with Crippen LogP contribution in [0.15, 0.2) is 64.2 Å². The Labute approximate surface area is 172 Å². The van der Waals surface area contributed by atoms with Crippen molar-refractivity contribution in [3.8, 4) is 0 Å². The number of Topliss-reactive ketones (excluding diaryl/α,β-unsaturated/α-hetero) is 1. The van der Waals surface area contributed by atoms with Gasteiger partial charge < -0.3 is 4.42 Å². The van der Waals surface area contributed by atoms with Crippen LogP contribution in [-0.2, 0) is 4.79 Å². The number of aromatic nitrogens is 1.